The zero-order chi connectivity index (χ0) is 30.8. The number of hydrogen-bond donors (Lipinski definition) is 4. The monoisotopic (exact) mass is 740 g/mol. The molecule has 0 aromatic rings. The van der Waals surface area contributed by atoms with E-state index in [1.807, 2.05) is 0 Å². The molecule has 6 nitrogen and oxygen atoms in total. The van der Waals surface area contributed by atoms with Crippen molar-refractivity contribution in [2.24, 2.45) is 11.5 Å². The smallest absolute Gasteiger partial charge is 0.315 e. The van der Waals surface area contributed by atoms with Gasteiger partial charge in [-0.25, -0.2) is 0 Å². The van der Waals surface area contributed by atoms with E-state index in [0.29, 0.717) is 12.8 Å². The minimum Gasteiger partial charge on any atom is -0.315 e. The Morgan fingerprint density at radius 2 is 0.667 bits per heavy atom. The summed E-state index contributed by atoms with van der Waals surface area (Å²) in [7, 11) is -4.67. The van der Waals surface area contributed by atoms with Crippen LogP contribution in [0.4, 0.5) is 0 Å². The summed E-state index contributed by atoms with van der Waals surface area (Å²) in [4.78, 5) is 0. The van der Waals surface area contributed by atoms with Crippen LogP contribution in [0.15, 0.2) is 0 Å². The molecular formula is C24H48Cl8N2O4S. The summed E-state index contributed by atoms with van der Waals surface area (Å²) < 4.78 is 29.4. The standard InChI is InChI=1S/2C12H23Cl4N.H2O4S/c2*13-11(17)9-7-5-3-1-2-4-6-8-10-12(14,15)16;1-5(2,3)4/h2*11H,1-10,17H2;(H2,1,2,3,4). The van der Waals surface area contributed by atoms with E-state index in [0.717, 1.165) is 51.4 Å². The maximum absolute atomic E-state index is 8.74. The molecule has 0 aromatic carbocycles. The highest BCUT2D eigenvalue weighted by Gasteiger charge is 2.18. The normalized spacial score (nSPS) is 13.6. The van der Waals surface area contributed by atoms with Crippen molar-refractivity contribution in [3.63, 3.8) is 0 Å². The molecule has 0 saturated heterocycles. The van der Waals surface area contributed by atoms with Gasteiger partial charge in [0.1, 0.15) is 0 Å². The molecule has 0 fully saturated rings. The first-order chi connectivity index (χ1) is 17.8. The van der Waals surface area contributed by atoms with Gasteiger partial charge in [-0.3, -0.25) is 9.11 Å². The third-order valence-electron chi connectivity index (χ3n) is 5.38. The summed E-state index contributed by atoms with van der Waals surface area (Å²) in [5.74, 6) is 0. The van der Waals surface area contributed by atoms with Crippen LogP contribution in [0.25, 0.3) is 0 Å². The summed E-state index contributed by atoms with van der Waals surface area (Å²) >= 11 is 45.3. The van der Waals surface area contributed by atoms with Crippen molar-refractivity contribution in [1.29, 1.82) is 0 Å². The van der Waals surface area contributed by atoms with Gasteiger partial charge in [0.25, 0.3) is 0 Å². The van der Waals surface area contributed by atoms with Crippen LogP contribution in [-0.4, -0.2) is 36.1 Å². The van der Waals surface area contributed by atoms with Crippen LogP contribution >= 0.6 is 92.8 Å². The van der Waals surface area contributed by atoms with Gasteiger partial charge in [0.05, 0.1) is 11.0 Å². The molecular weight excluding hydrogens is 696 g/mol. The average Bonchev–Trinajstić information content (AvgIpc) is 2.73. The van der Waals surface area contributed by atoms with Crippen molar-refractivity contribution in [3.05, 3.63) is 0 Å². The number of alkyl halides is 8. The molecule has 0 saturated carbocycles. The Balaban J connectivity index is -0.000000566. The Kier molecular flexibility index (Phi) is 33.7. The first-order valence-electron chi connectivity index (χ1n) is 13.5. The number of unbranched alkanes of at least 4 members (excludes halogenated alkanes) is 14. The summed E-state index contributed by atoms with van der Waals surface area (Å²) in [5.41, 5.74) is 10.6. The maximum atomic E-state index is 8.74. The van der Waals surface area contributed by atoms with Gasteiger partial charge >= 0.3 is 10.4 Å². The predicted molar refractivity (Wildman–Crippen MR) is 175 cm³/mol. The molecule has 0 aromatic heterocycles. The van der Waals surface area contributed by atoms with E-state index in [-0.39, 0.29) is 11.0 Å². The minimum atomic E-state index is -4.67. The zero-order valence-corrected chi connectivity index (χ0v) is 29.5. The Morgan fingerprint density at radius 1 is 0.487 bits per heavy atom. The van der Waals surface area contributed by atoms with E-state index in [2.05, 4.69) is 0 Å². The van der Waals surface area contributed by atoms with E-state index in [1.165, 1.54) is 64.2 Å². The molecule has 0 radical (unpaired) electrons. The zero-order valence-electron chi connectivity index (χ0n) is 22.6. The van der Waals surface area contributed by atoms with Crippen LogP contribution < -0.4 is 11.5 Å². The highest BCUT2D eigenvalue weighted by atomic mass is 35.6. The molecule has 2 atom stereocenters. The maximum Gasteiger partial charge on any atom is 0.394 e. The highest BCUT2D eigenvalue weighted by molar-refractivity contribution is 7.79. The fraction of sp³-hybridized carbons (Fsp3) is 1.00. The molecule has 0 rings (SSSR count). The average molecular weight is 744 g/mol. The molecule has 240 valence electrons. The van der Waals surface area contributed by atoms with Crippen LogP contribution in [0.2, 0.25) is 0 Å². The molecule has 0 spiro atoms. The lowest BCUT2D eigenvalue weighted by Crippen LogP contribution is -2.10. The van der Waals surface area contributed by atoms with Crippen LogP contribution in [0, 0.1) is 0 Å². The van der Waals surface area contributed by atoms with Crippen molar-refractivity contribution in [2.45, 2.75) is 147 Å². The van der Waals surface area contributed by atoms with Crippen LogP contribution in [0.3, 0.4) is 0 Å². The number of hydrogen-bond acceptors (Lipinski definition) is 4. The van der Waals surface area contributed by atoms with Crippen LogP contribution in [0.5, 0.6) is 0 Å². The van der Waals surface area contributed by atoms with Gasteiger partial charge < -0.3 is 11.5 Å². The van der Waals surface area contributed by atoms with Crippen molar-refractivity contribution in [1.82, 2.24) is 0 Å². The van der Waals surface area contributed by atoms with Crippen LogP contribution in [-0.2, 0) is 10.4 Å². The van der Waals surface area contributed by atoms with Crippen molar-refractivity contribution < 1.29 is 17.5 Å². The second-order valence-electron chi connectivity index (χ2n) is 9.44. The SMILES string of the molecule is NC(Cl)CCCCCCCCCCC(Cl)(Cl)Cl.NC(Cl)CCCCCCCCCCC(Cl)(Cl)Cl.O=S(=O)(O)O. The Hall–Kier alpha value is 2.11. The van der Waals surface area contributed by atoms with Crippen LogP contribution in [0.1, 0.15) is 128 Å². The third-order valence-corrected chi connectivity index (χ3v) is 6.95. The largest absolute Gasteiger partial charge is 0.394 e. The van der Waals surface area contributed by atoms with Gasteiger partial charge in [-0.1, -0.05) is 159 Å². The lowest BCUT2D eigenvalue weighted by atomic mass is 10.1. The summed E-state index contributed by atoms with van der Waals surface area (Å²) in [6, 6.07) is 0. The Labute approximate surface area is 277 Å². The number of rotatable bonds is 20. The fourth-order valence-corrected chi connectivity index (χ4v) is 4.56. The number of nitrogens with two attached hydrogens (primary N) is 2. The molecule has 15 heteroatoms. The first-order valence-corrected chi connectivity index (χ1v) is 18.0. The lowest BCUT2D eigenvalue weighted by molar-refractivity contribution is 0.381. The van der Waals surface area contributed by atoms with Gasteiger partial charge in [-0.2, -0.15) is 8.42 Å². The van der Waals surface area contributed by atoms with Gasteiger partial charge in [-0.15, -0.1) is 23.2 Å². The quantitative estimate of drug-likeness (QED) is 0.0425. The second kappa shape index (κ2) is 28.9. The summed E-state index contributed by atoms with van der Waals surface area (Å²) in [5, 5.41) is 0. The second-order valence-corrected chi connectivity index (χ2v) is 16.5. The molecule has 0 aliphatic carbocycles. The first kappa shape index (κ1) is 45.5. The topological polar surface area (TPSA) is 127 Å². The van der Waals surface area contributed by atoms with Gasteiger partial charge in [0.15, 0.2) is 7.59 Å². The molecule has 6 N–H and O–H groups in total. The van der Waals surface area contributed by atoms with E-state index in [1.54, 1.807) is 0 Å². The third kappa shape index (κ3) is 64.3. The van der Waals surface area contributed by atoms with E-state index < -0.39 is 18.0 Å². The fourth-order valence-electron chi connectivity index (χ4n) is 3.45. The number of halogens is 8. The van der Waals surface area contributed by atoms with Crippen molar-refractivity contribution in [2.75, 3.05) is 0 Å². The molecule has 0 amide bonds. The minimum absolute atomic E-state index is 0.170. The molecule has 39 heavy (non-hydrogen) atoms. The summed E-state index contributed by atoms with van der Waals surface area (Å²) in [6.07, 6.45) is 22.3. The predicted octanol–water partition coefficient (Wildman–Crippen LogP) is 10.9. The Bertz CT molecular complexity index is 574. The lowest BCUT2D eigenvalue weighted by Gasteiger charge is -2.09. The van der Waals surface area contributed by atoms with Gasteiger partial charge in [-0.05, 0) is 38.5 Å². The van der Waals surface area contributed by atoms with Crippen molar-refractivity contribution >= 4 is 103 Å². The Morgan fingerprint density at radius 3 is 0.846 bits per heavy atom. The molecule has 0 aliphatic heterocycles. The molecule has 2 unspecified atom stereocenters. The highest BCUT2D eigenvalue weighted by Crippen LogP contribution is 2.33. The van der Waals surface area contributed by atoms with Gasteiger partial charge in [0.2, 0.25) is 0 Å². The van der Waals surface area contributed by atoms with E-state index >= 15 is 0 Å². The summed E-state index contributed by atoms with van der Waals surface area (Å²) in [6.45, 7) is 0. The molecule has 0 heterocycles. The van der Waals surface area contributed by atoms with Crippen molar-refractivity contribution in [3.8, 4) is 0 Å². The van der Waals surface area contributed by atoms with E-state index in [4.69, 9.17) is 122 Å². The molecule has 0 aliphatic rings. The molecule has 0 bridgehead atoms. The van der Waals surface area contributed by atoms with E-state index in [9.17, 15) is 0 Å². The van der Waals surface area contributed by atoms with Gasteiger partial charge in [0, 0.05) is 0 Å².